The summed E-state index contributed by atoms with van der Waals surface area (Å²) >= 11 is 0. The molecule has 0 aromatic heterocycles. The number of azide groups is 1. The summed E-state index contributed by atoms with van der Waals surface area (Å²) in [6.45, 7) is 4.29. The van der Waals surface area contributed by atoms with Crippen LogP contribution in [0.5, 0.6) is 0 Å². The zero-order chi connectivity index (χ0) is 23.2. The number of hydrogen-bond acceptors (Lipinski definition) is 10. The minimum absolute atomic E-state index is 0.0358. The predicted molar refractivity (Wildman–Crippen MR) is 102 cm³/mol. The van der Waals surface area contributed by atoms with Crippen molar-refractivity contribution in [2.24, 2.45) is 5.11 Å². The Labute approximate surface area is 178 Å². The molecule has 1 amide bonds. The Hall–Kier alpha value is -2.86. The Morgan fingerprint density at radius 3 is 2.61 bits per heavy atom. The minimum Gasteiger partial charge on any atom is -0.477 e. The van der Waals surface area contributed by atoms with Gasteiger partial charge in [-0.15, -0.1) is 0 Å². The fourth-order valence-electron chi connectivity index (χ4n) is 3.30. The van der Waals surface area contributed by atoms with Gasteiger partial charge in [0.2, 0.25) is 11.7 Å². The average Bonchev–Trinajstić information content (AvgIpc) is 3.06. The van der Waals surface area contributed by atoms with E-state index in [2.05, 4.69) is 15.3 Å². The number of carbonyl (C=O) groups excluding carboxylic acids is 3. The molecule has 0 aliphatic carbocycles. The molecule has 2 heterocycles. The van der Waals surface area contributed by atoms with Gasteiger partial charge in [0.1, 0.15) is 12.7 Å². The van der Waals surface area contributed by atoms with Crippen molar-refractivity contribution in [3.63, 3.8) is 0 Å². The Bertz CT molecular complexity index is 778. The molecule has 1 fully saturated rings. The lowest BCUT2D eigenvalue weighted by atomic mass is 9.92. The number of methoxy groups -OCH3 is 2. The van der Waals surface area contributed by atoms with E-state index in [4.69, 9.17) is 34.0 Å². The molecule has 13 heteroatoms. The quantitative estimate of drug-likeness (QED) is 0.241. The third-order valence-corrected chi connectivity index (χ3v) is 4.50. The number of nitrogens with one attached hydrogen (secondary N) is 1. The van der Waals surface area contributed by atoms with Crippen molar-refractivity contribution >= 4 is 17.8 Å². The molecule has 0 unspecified atom stereocenters. The molecule has 172 valence electrons. The maximum absolute atomic E-state index is 12.2. The monoisotopic (exact) mass is 442 g/mol. The van der Waals surface area contributed by atoms with Gasteiger partial charge in [0.25, 0.3) is 0 Å². The van der Waals surface area contributed by atoms with Gasteiger partial charge in [-0.05, 0) is 25.5 Å². The maximum Gasteiger partial charge on any atom is 0.372 e. The van der Waals surface area contributed by atoms with Crippen molar-refractivity contribution in [3.8, 4) is 0 Å². The van der Waals surface area contributed by atoms with Crippen molar-refractivity contribution in [3.05, 3.63) is 22.3 Å². The number of rotatable bonds is 8. The van der Waals surface area contributed by atoms with Gasteiger partial charge in [-0.25, -0.2) is 9.59 Å². The van der Waals surface area contributed by atoms with Crippen LogP contribution >= 0.6 is 0 Å². The second-order valence-corrected chi connectivity index (χ2v) is 7.28. The van der Waals surface area contributed by atoms with Gasteiger partial charge in [-0.1, -0.05) is 5.11 Å². The molecule has 1 N–H and O–H groups in total. The van der Waals surface area contributed by atoms with Crippen LogP contribution < -0.4 is 5.32 Å². The normalized spacial score (nSPS) is 27.7. The van der Waals surface area contributed by atoms with Gasteiger partial charge in [0, 0.05) is 18.9 Å². The summed E-state index contributed by atoms with van der Waals surface area (Å²) in [5, 5.41) is 6.28. The summed E-state index contributed by atoms with van der Waals surface area (Å²) in [6.07, 6.45) is -1.93. The Kier molecular flexibility index (Phi) is 8.22. The molecule has 0 spiro atoms. The molecular formula is C18H26N4O9. The first-order valence-corrected chi connectivity index (χ1v) is 9.40. The average molecular weight is 442 g/mol. The molecule has 2 rings (SSSR count). The number of carbonyl (C=O) groups is 3. The summed E-state index contributed by atoms with van der Waals surface area (Å²) in [4.78, 5) is 39.0. The van der Waals surface area contributed by atoms with Crippen LogP contribution in [-0.2, 0) is 42.8 Å². The second kappa shape index (κ2) is 10.4. The largest absolute Gasteiger partial charge is 0.477 e. The van der Waals surface area contributed by atoms with E-state index in [9.17, 15) is 14.4 Å². The lowest BCUT2D eigenvalue weighted by Gasteiger charge is -2.40. The summed E-state index contributed by atoms with van der Waals surface area (Å²) in [7, 11) is 2.47. The first-order chi connectivity index (χ1) is 14.6. The summed E-state index contributed by atoms with van der Waals surface area (Å²) in [5.41, 5.74) is 8.99. The minimum atomic E-state index is -1.18. The molecule has 13 nitrogen and oxygen atoms in total. The van der Waals surface area contributed by atoms with E-state index < -0.39 is 54.0 Å². The maximum atomic E-state index is 12.2. The van der Waals surface area contributed by atoms with Crippen LogP contribution in [0.3, 0.4) is 0 Å². The lowest BCUT2D eigenvalue weighted by Crippen LogP contribution is -2.60. The fraction of sp³-hybridized carbons (Fsp3) is 0.722. The molecule has 2 aliphatic rings. The standard InChI is InChI=1S/C18H26N4O9/c1-9(23)20-14-10(21-22-19)6-11(17(25)27-5)29-16(14)15(30-13(24)8-26-4)12-7-28-18(2,3)31-12/h6,10,12,14-16H,7-8H2,1-5H3,(H,20,23)/t10-,12+,14+,15+,16+/m0/s1. The highest BCUT2D eigenvalue weighted by atomic mass is 16.8. The predicted octanol–water partition coefficient (Wildman–Crippen LogP) is 0.335. The first kappa shape index (κ1) is 24.4. The first-order valence-electron chi connectivity index (χ1n) is 9.40. The highest BCUT2D eigenvalue weighted by Gasteiger charge is 2.50. The van der Waals surface area contributed by atoms with Gasteiger partial charge in [0.15, 0.2) is 18.0 Å². The molecule has 1 saturated heterocycles. The molecule has 0 aromatic rings. The van der Waals surface area contributed by atoms with E-state index in [-0.39, 0.29) is 19.0 Å². The fourth-order valence-corrected chi connectivity index (χ4v) is 3.30. The van der Waals surface area contributed by atoms with Gasteiger partial charge in [-0.2, -0.15) is 0 Å². The molecule has 0 bridgehead atoms. The zero-order valence-corrected chi connectivity index (χ0v) is 17.9. The van der Waals surface area contributed by atoms with Crippen LogP contribution in [0.2, 0.25) is 0 Å². The molecule has 0 saturated carbocycles. The van der Waals surface area contributed by atoms with Crippen molar-refractivity contribution in [1.82, 2.24) is 5.32 Å². The van der Waals surface area contributed by atoms with Crippen LogP contribution in [0, 0.1) is 0 Å². The lowest BCUT2D eigenvalue weighted by molar-refractivity contribution is -0.190. The Morgan fingerprint density at radius 1 is 1.39 bits per heavy atom. The van der Waals surface area contributed by atoms with Gasteiger partial charge in [0.05, 0.1) is 25.8 Å². The number of nitrogens with zero attached hydrogens (tertiary/aromatic N) is 3. The second-order valence-electron chi connectivity index (χ2n) is 7.28. The highest BCUT2D eigenvalue weighted by Crippen LogP contribution is 2.32. The summed E-state index contributed by atoms with van der Waals surface area (Å²) in [5.74, 6) is -3.27. The molecule has 2 aliphatic heterocycles. The van der Waals surface area contributed by atoms with Crippen LogP contribution in [0.1, 0.15) is 20.8 Å². The van der Waals surface area contributed by atoms with Crippen LogP contribution in [0.25, 0.3) is 10.4 Å². The molecule has 0 radical (unpaired) electrons. The number of esters is 2. The van der Waals surface area contributed by atoms with Crippen molar-refractivity contribution in [2.45, 2.75) is 57.0 Å². The van der Waals surface area contributed by atoms with Crippen molar-refractivity contribution in [2.75, 3.05) is 27.4 Å². The van der Waals surface area contributed by atoms with Crippen molar-refractivity contribution < 1.29 is 42.8 Å². The molecule has 0 aromatic carbocycles. The van der Waals surface area contributed by atoms with Gasteiger partial charge >= 0.3 is 11.9 Å². The van der Waals surface area contributed by atoms with E-state index in [1.807, 2.05) is 0 Å². The van der Waals surface area contributed by atoms with E-state index in [0.29, 0.717) is 0 Å². The third kappa shape index (κ3) is 6.31. The number of ether oxygens (including phenoxy) is 6. The SMILES string of the molecule is COCC(=O)O[C@@H]([C@@H]1OC(C(=O)OC)=C[C@H](N=[N+]=[N-])[C@H]1NC(C)=O)[C@H]1COC(C)(C)O1. The number of amides is 1. The third-order valence-electron chi connectivity index (χ3n) is 4.50. The molecule has 5 atom stereocenters. The molecular weight excluding hydrogens is 416 g/mol. The van der Waals surface area contributed by atoms with Crippen LogP contribution in [-0.4, -0.2) is 81.5 Å². The Morgan fingerprint density at radius 2 is 2.10 bits per heavy atom. The van der Waals surface area contributed by atoms with E-state index >= 15 is 0 Å². The van der Waals surface area contributed by atoms with Gasteiger partial charge in [-0.3, -0.25) is 4.79 Å². The van der Waals surface area contributed by atoms with Crippen LogP contribution in [0.4, 0.5) is 0 Å². The van der Waals surface area contributed by atoms with Crippen LogP contribution in [0.15, 0.2) is 16.9 Å². The van der Waals surface area contributed by atoms with E-state index in [1.165, 1.54) is 20.1 Å². The summed E-state index contributed by atoms with van der Waals surface area (Å²) < 4.78 is 32.3. The van der Waals surface area contributed by atoms with E-state index in [1.54, 1.807) is 13.8 Å². The summed E-state index contributed by atoms with van der Waals surface area (Å²) in [6, 6.07) is -2.03. The zero-order valence-electron chi connectivity index (χ0n) is 17.9. The van der Waals surface area contributed by atoms with E-state index in [0.717, 1.165) is 7.11 Å². The van der Waals surface area contributed by atoms with Gasteiger partial charge < -0.3 is 33.7 Å². The Balaban J connectivity index is 2.49. The number of hydrogen-bond donors (Lipinski definition) is 1. The highest BCUT2D eigenvalue weighted by molar-refractivity contribution is 5.86. The smallest absolute Gasteiger partial charge is 0.372 e. The van der Waals surface area contributed by atoms with Crippen molar-refractivity contribution in [1.29, 1.82) is 0 Å². The topological polar surface area (TPSA) is 167 Å². The molecule has 31 heavy (non-hydrogen) atoms.